The van der Waals surface area contributed by atoms with E-state index >= 15 is 0 Å². The van der Waals surface area contributed by atoms with Crippen LogP contribution in [-0.4, -0.2) is 23.8 Å². The number of carbonyl (C=O) groups excluding carboxylic acids is 2. The van der Waals surface area contributed by atoms with Crippen LogP contribution in [0, 0.1) is 10.1 Å². The number of Topliss-reactive ketones (excluding diaryl/α,β-unsaturated/α-hetero) is 1. The Morgan fingerprint density at radius 2 is 1.88 bits per heavy atom. The highest BCUT2D eigenvalue weighted by Crippen LogP contribution is 2.26. The largest absolute Gasteiger partial charge is 0.469 e. The molecule has 0 heterocycles. The number of rotatable bonds is 6. The van der Waals surface area contributed by atoms with E-state index in [0.717, 1.165) is 0 Å². The van der Waals surface area contributed by atoms with E-state index < -0.39 is 16.8 Å². The van der Waals surface area contributed by atoms with Crippen LogP contribution in [0.15, 0.2) is 48.5 Å². The quantitative estimate of drug-likeness (QED) is 0.343. The Morgan fingerprint density at radius 1 is 1.21 bits per heavy atom. The summed E-state index contributed by atoms with van der Waals surface area (Å²) in [4.78, 5) is 34.6. The number of non-ortho nitro benzene ring substituents is 1. The average molecular weight is 348 g/mol. The maximum atomic E-state index is 12.4. The fourth-order valence-corrected chi connectivity index (χ4v) is 2.46. The fraction of sp³-hybridized carbons (Fsp3) is 0.176. The molecule has 0 spiro atoms. The number of ketones is 1. The minimum absolute atomic E-state index is 0.0940. The van der Waals surface area contributed by atoms with E-state index in [-0.39, 0.29) is 17.9 Å². The molecule has 124 valence electrons. The lowest BCUT2D eigenvalue weighted by atomic mass is 9.91. The van der Waals surface area contributed by atoms with Gasteiger partial charge in [0.2, 0.25) is 0 Å². The van der Waals surface area contributed by atoms with Gasteiger partial charge in [-0.1, -0.05) is 35.9 Å². The molecular weight excluding hydrogens is 334 g/mol. The molecule has 0 aliphatic carbocycles. The minimum Gasteiger partial charge on any atom is -0.469 e. The number of nitrogens with zero attached hydrogens (tertiary/aromatic N) is 1. The van der Waals surface area contributed by atoms with E-state index in [1.165, 1.54) is 37.4 Å². The molecular formula is C17H14ClNO5. The van der Waals surface area contributed by atoms with Crippen molar-refractivity contribution in [2.45, 2.75) is 12.3 Å². The maximum Gasteiger partial charge on any atom is 0.313 e. The number of halogens is 1. The molecule has 0 saturated heterocycles. The minimum atomic E-state index is -0.845. The molecule has 0 aliphatic heterocycles. The smallest absolute Gasteiger partial charge is 0.313 e. The van der Waals surface area contributed by atoms with Gasteiger partial charge < -0.3 is 4.74 Å². The van der Waals surface area contributed by atoms with Gasteiger partial charge in [0.25, 0.3) is 5.69 Å². The van der Waals surface area contributed by atoms with Gasteiger partial charge in [-0.05, 0) is 17.7 Å². The van der Waals surface area contributed by atoms with Crippen LogP contribution in [0.2, 0.25) is 5.02 Å². The number of nitro groups is 1. The summed E-state index contributed by atoms with van der Waals surface area (Å²) < 4.78 is 4.75. The fourth-order valence-electron chi connectivity index (χ4n) is 2.27. The van der Waals surface area contributed by atoms with Crippen LogP contribution in [0.1, 0.15) is 28.3 Å². The first-order valence-electron chi connectivity index (χ1n) is 7.03. The molecule has 1 unspecified atom stereocenters. The number of carbonyl (C=O) groups is 2. The van der Waals surface area contributed by atoms with E-state index in [0.29, 0.717) is 16.1 Å². The van der Waals surface area contributed by atoms with E-state index in [2.05, 4.69) is 0 Å². The molecule has 24 heavy (non-hydrogen) atoms. The van der Waals surface area contributed by atoms with Gasteiger partial charge in [0.15, 0.2) is 5.78 Å². The number of hydrogen-bond acceptors (Lipinski definition) is 5. The molecule has 2 aromatic carbocycles. The number of ether oxygens (including phenoxy) is 1. The van der Waals surface area contributed by atoms with Gasteiger partial charge in [-0.15, -0.1) is 0 Å². The van der Waals surface area contributed by atoms with Gasteiger partial charge in [0.05, 0.1) is 18.0 Å². The first-order valence-corrected chi connectivity index (χ1v) is 7.41. The van der Waals surface area contributed by atoms with Crippen molar-refractivity contribution in [3.63, 3.8) is 0 Å². The molecule has 0 aliphatic rings. The van der Waals surface area contributed by atoms with Crippen molar-refractivity contribution >= 4 is 29.0 Å². The summed E-state index contributed by atoms with van der Waals surface area (Å²) in [6.07, 6.45) is -0.120. The zero-order valence-electron chi connectivity index (χ0n) is 12.8. The summed E-state index contributed by atoms with van der Waals surface area (Å²) in [6, 6.07) is 11.9. The summed E-state index contributed by atoms with van der Waals surface area (Å²) >= 11 is 5.87. The van der Waals surface area contributed by atoms with Crippen LogP contribution in [-0.2, 0) is 9.53 Å². The van der Waals surface area contributed by atoms with Crippen molar-refractivity contribution in [1.82, 2.24) is 0 Å². The highest BCUT2D eigenvalue weighted by atomic mass is 35.5. The number of nitro benzene ring substituents is 1. The number of benzene rings is 2. The lowest BCUT2D eigenvalue weighted by molar-refractivity contribution is -0.384. The van der Waals surface area contributed by atoms with Crippen LogP contribution in [0.25, 0.3) is 0 Å². The van der Waals surface area contributed by atoms with Crippen molar-refractivity contribution in [1.29, 1.82) is 0 Å². The first-order chi connectivity index (χ1) is 11.4. The number of methoxy groups -OCH3 is 1. The Bertz CT molecular complexity index is 773. The van der Waals surface area contributed by atoms with Crippen molar-refractivity contribution in [2.24, 2.45) is 0 Å². The molecule has 0 radical (unpaired) electrons. The van der Waals surface area contributed by atoms with Gasteiger partial charge in [-0.25, -0.2) is 0 Å². The molecule has 2 rings (SSSR count). The van der Waals surface area contributed by atoms with Crippen LogP contribution in [0.5, 0.6) is 0 Å². The lowest BCUT2D eigenvalue weighted by Gasteiger charge is -2.14. The molecule has 0 N–H and O–H groups in total. The summed E-state index contributed by atoms with van der Waals surface area (Å²) in [5.41, 5.74) is 0.768. The topological polar surface area (TPSA) is 86.5 Å². The predicted octanol–water partition coefficient (Wildman–Crippen LogP) is 3.78. The van der Waals surface area contributed by atoms with E-state index in [9.17, 15) is 19.7 Å². The van der Waals surface area contributed by atoms with Gasteiger partial charge in [0.1, 0.15) is 0 Å². The second-order valence-corrected chi connectivity index (χ2v) is 5.50. The molecule has 0 saturated carbocycles. The third-order valence-corrected chi connectivity index (χ3v) is 3.76. The molecule has 7 heteroatoms. The highest BCUT2D eigenvalue weighted by molar-refractivity contribution is 6.31. The monoisotopic (exact) mass is 347 g/mol. The second kappa shape index (κ2) is 7.70. The van der Waals surface area contributed by atoms with Crippen LogP contribution in [0.4, 0.5) is 5.69 Å². The van der Waals surface area contributed by atoms with Gasteiger partial charge in [-0.2, -0.15) is 0 Å². The molecule has 2 aromatic rings. The SMILES string of the molecule is COC(=O)C(CC(=O)c1cccc(Cl)c1)c1ccc([N+](=O)[O-])cc1. The Kier molecular flexibility index (Phi) is 5.65. The van der Waals surface area contributed by atoms with Gasteiger partial charge in [-0.3, -0.25) is 19.7 Å². The van der Waals surface area contributed by atoms with E-state index in [4.69, 9.17) is 16.3 Å². The Hall–Kier alpha value is -2.73. The van der Waals surface area contributed by atoms with Crippen LogP contribution < -0.4 is 0 Å². The zero-order chi connectivity index (χ0) is 17.7. The summed E-state index contributed by atoms with van der Waals surface area (Å²) in [6.45, 7) is 0. The molecule has 0 bridgehead atoms. The van der Waals surface area contributed by atoms with E-state index in [1.54, 1.807) is 18.2 Å². The number of hydrogen-bond donors (Lipinski definition) is 0. The third kappa shape index (κ3) is 4.17. The standard InChI is InChI=1S/C17H14ClNO5/c1-24-17(21)15(11-5-7-14(8-6-11)19(22)23)10-16(20)12-3-2-4-13(18)9-12/h2-9,15H,10H2,1H3. The molecule has 1 atom stereocenters. The van der Waals surface area contributed by atoms with Crippen molar-refractivity contribution in [3.8, 4) is 0 Å². The molecule has 0 fully saturated rings. The van der Waals surface area contributed by atoms with Gasteiger partial charge >= 0.3 is 5.97 Å². The second-order valence-electron chi connectivity index (χ2n) is 5.06. The first kappa shape index (κ1) is 17.6. The Morgan fingerprint density at radius 3 is 2.42 bits per heavy atom. The lowest BCUT2D eigenvalue weighted by Crippen LogP contribution is -2.18. The average Bonchev–Trinajstić information content (AvgIpc) is 2.59. The molecule has 0 amide bonds. The van der Waals surface area contributed by atoms with Crippen LogP contribution >= 0.6 is 11.6 Å². The van der Waals surface area contributed by atoms with Gasteiger partial charge in [0, 0.05) is 29.1 Å². The summed E-state index contributed by atoms with van der Waals surface area (Å²) in [5, 5.41) is 11.1. The Balaban J connectivity index is 2.27. The normalized spacial score (nSPS) is 11.6. The van der Waals surface area contributed by atoms with Crippen molar-refractivity contribution < 1.29 is 19.2 Å². The Labute approximate surface area is 143 Å². The maximum absolute atomic E-state index is 12.4. The van der Waals surface area contributed by atoms with Crippen molar-refractivity contribution in [3.05, 3.63) is 74.8 Å². The zero-order valence-corrected chi connectivity index (χ0v) is 13.5. The molecule has 6 nitrogen and oxygen atoms in total. The third-order valence-electron chi connectivity index (χ3n) is 3.53. The molecule has 0 aromatic heterocycles. The van der Waals surface area contributed by atoms with Crippen LogP contribution in [0.3, 0.4) is 0 Å². The highest BCUT2D eigenvalue weighted by Gasteiger charge is 2.26. The van der Waals surface area contributed by atoms with Crippen molar-refractivity contribution in [2.75, 3.05) is 7.11 Å². The predicted molar refractivity (Wildman–Crippen MR) is 88.3 cm³/mol. The summed E-state index contributed by atoms with van der Waals surface area (Å²) in [5.74, 6) is -1.70. The summed E-state index contributed by atoms with van der Waals surface area (Å²) in [7, 11) is 1.23. The van der Waals surface area contributed by atoms with E-state index in [1.807, 2.05) is 0 Å². The number of esters is 1.